The molecule has 0 unspecified atom stereocenters. The molecule has 1 aromatic rings. The van der Waals surface area contributed by atoms with Gasteiger partial charge in [0.1, 0.15) is 5.84 Å². The minimum atomic E-state index is -0.373. The van der Waals surface area contributed by atoms with Gasteiger partial charge in [0, 0.05) is 31.3 Å². The molecule has 0 bridgehead atoms. The van der Waals surface area contributed by atoms with Crippen molar-refractivity contribution in [2.45, 2.75) is 13.3 Å². The molecule has 3 rings (SSSR count). The van der Waals surface area contributed by atoms with Crippen molar-refractivity contribution in [2.24, 2.45) is 4.99 Å². The lowest BCUT2D eigenvalue weighted by molar-refractivity contribution is -0.128. The van der Waals surface area contributed by atoms with Crippen molar-refractivity contribution in [3.63, 3.8) is 0 Å². The number of hydrogen-bond acceptors (Lipinski definition) is 5. The summed E-state index contributed by atoms with van der Waals surface area (Å²) in [7, 11) is 1.36. The van der Waals surface area contributed by atoms with Crippen LogP contribution in [0.4, 0.5) is 5.69 Å². The summed E-state index contributed by atoms with van der Waals surface area (Å²) in [4.78, 5) is 29.6. The first-order valence-corrected chi connectivity index (χ1v) is 7.55. The van der Waals surface area contributed by atoms with E-state index in [9.17, 15) is 9.59 Å². The van der Waals surface area contributed by atoms with Crippen molar-refractivity contribution in [1.29, 1.82) is 0 Å². The summed E-state index contributed by atoms with van der Waals surface area (Å²) in [6.07, 6.45) is 0.867. The van der Waals surface area contributed by atoms with Gasteiger partial charge in [0.05, 0.1) is 19.2 Å². The molecule has 0 atom stereocenters. The second-order valence-electron chi connectivity index (χ2n) is 5.63. The highest BCUT2D eigenvalue weighted by molar-refractivity contribution is 6.11. The molecule has 0 aliphatic carbocycles. The molecule has 1 amide bonds. The lowest BCUT2D eigenvalue weighted by atomic mass is 10.0. The minimum absolute atomic E-state index is 0.0792. The van der Waals surface area contributed by atoms with E-state index in [0.29, 0.717) is 18.7 Å². The normalized spacial score (nSPS) is 16.8. The second kappa shape index (κ2) is 6.24. The van der Waals surface area contributed by atoms with Crippen LogP contribution in [-0.2, 0) is 9.53 Å². The van der Waals surface area contributed by atoms with Crippen molar-refractivity contribution in [3.8, 4) is 0 Å². The summed E-state index contributed by atoms with van der Waals surface area (Å²) in [5.41, 5.74) is 3.64. The average Bonchev–Trinajstić information content (AvgIpc) is 2.96. The number of aliphatic imine (C=N–C) groups is 1. The SMILES string of the molecule is COC(=O)c1cccc(NC2=NCC3=C2CN(C(C)=O)CC3)c1. The summed E-state index contributed by atoms with van der Waals surface area (Å²) in [6.45, 7) is 3.62. The number of ether oxygens (including phenoxy) is 1. The van der Waals surface area contributed by atoms with Crippen molar-refractivity contribution < 1.29 is 14.3 Å². The van der Waals surface area contributed by atoms with Crippen molar-refractivity contribution in [2.75, 3.05) is 32.1 Å². The molecule has 6 nitrogen and oxygen atoms in total. The van der Waals surface area contributed by atoms with E-state index < -0.39 is 0 Å². The molecule has 0 fully saturated rings. The van der Waals surface area contributed by atoms with Gasteiger partial charge in [-0.3, -0.25) is 9.79 Å². The number of methoxy groups -OCH3 is 1. The van der Waals surface area contributed by atoms with E-state index in [2.05, 4.69) is 10.3 Å². The lowest BCUT2D eigenvalue weighted by Gasteiger charge is -2.28. The van der Waals surface area contributed by atoms with Gasteiger partial charge in [-0.15, -0.1) is 0 Å². The molecule has 0 radical (unpaired) electrons. The quantitative estimate of drug-likeness (QED) is 0.846. The van der Waals surface area contributed by atoms with Crippen LogP contribution in [0.2, 0.25) is 0 Å². The van der Waals surface area contributed by atoms with E-state index in [1.54, 1.807) is 25.1 Å². The van der Waals surface area contributed by atoms with E-state index in [1.807, 2.05) is 11.0 Å². The van der Waals surface area contributed by atoms with Crippen LogP contribution >= 0.6 is 0 Å². The van der Waals surface area contributed by atoms with Gasteiger partial charge in [-0.05, 0) is 30.2 Å². The van der Waals surface area contributed by atoms with Gasteiger partial charge < -0.3 is 15.0 Å². The molecular weight excluding hydrogens is 294 g/mol. The topological polar surface area (TPSA) is 71.0 Å². The fraction of sp³-hybridized carbons (Fsp3) is 0.353. The lowest BCUT2D eigenvalue weighted by Crippen LogP contribution is -2.37. The van der Waals surface area contributed by atoms with Gasteiger partial charge in [0.25, 0.3) is 0 Å². The Bertz CT molecular complexity index is 722. The number of nitrogens with zero attached hydrogens (tertiary/aromatic N) is 2. The number of esters is 1. The molecular formula is C17H19N3O3. The molecule has 0 saturated heterocycles. The van der Waals surface area contributed by atoms with Gasteiger partial charge in [-0.2, -0.15) is 0 Å². The van der Waals surface area contributed by atoms with Crippen molar-refractivity contribution >= 4 is 23.4 Å². The van der Waals surface area contributed by atoms with Crippen LogP contribution in [0.3, 0.4) is 0 Å². The number of rotatable bonds is 2. The third kappa shape index (κ3) is 3.11. The Morgan fingerprint density at radius 3 is 2.91 bits per heavy atom. The van der Waals surface area contributed by atoms with Crippen LogP contribution in [0.5, 0.6) is 0 Å². The number of benzene rings is 1. The van der Waals surface area contributed by atoms with Gasteiger partial charge >= 0.3 is 5.97 Å². The van der Waals surface area contributed by atoms with Gasteiger partial charge in [0.15, 0.2) is 0 Å². The Morgan fingerprint density at radius 2 is 2.17 bits per heavy atom. The highest BCUT2D eigenvalue weighted by Gasteiger charge is 2.27. The van der Waals surface area contributed by atoms with Gasteiger partial charge in [0.2, 0.25) is 5.91 Å². The molecule has 1 N–H and O–H groups in total. The Hall–Kier alpha value is -2.63. The number of nitrogens with one attached hydrogen (secondary N) is 1. The van der Waals surface area contributed by atoms with E-state index in [0.717, 1.165) is 30.1 Å². The predicted molar refractivity (Wildman–Crippen MR) is 87.6 cm³/mol. The van der Waals surface area contributed by atoms with Crippen molar-refractivity contribution in [3.05, 3.63) is 41.0 Å². The van der Waals surface area contributed by atoms with E-state index >= 15 is 0 Å². The molecule has 0 saturated carbocycles. The van der Waals surface area contributed by atoms with E-state index in [4.69, 9.17) is 4.74 Å². The molecule has 2 aliphatic rings. The molecule has 0 spiro atoms. The largest absolute Gasteiger partial charge is 0.465 e. The van der Waals surface area contributed by atoms with Gasteiger partial charge in [-0.25, -0.2) is 4.79 Å². The molecule has 1 aromatic carbocycles. The zero-order valence-electron chi connectivity index (χ0n) is 13.3. The van der Waals surface area contributed by atoms with E-state index in [1.165, 1.54) is 12.7 Å². The first kappa shape index (κ1) is 15.3. The Balaban J connectivity index is 1.77. The molecule has 23 heavy (non-hydrogen) atoms. The minimum Gasteiger partial charge on any atom is -0.465 e. The number of hydrogen-bond donors (Lipinski definition) is 1. The smallest absolute Gasteiger partial charge is 0.337 e. The number of carbonyl (C=O) groups excluding carboxylic acids is 2. The standard InChI is InChI=1S/C17H19N3O3/c1-11(21)20-7-6-13-9-18-16(15(13)10-20)19-14-5-3-4-12(8-14)17(22)23-2/h3-5,8H,6-7,9-10H2,1-2H3,(H,18,19). The highest BCUT2D eigenvalue weighted by Crippen LogP contribution is 2.25. The average molecular weight is 313 g/mol. The molecule has 2 heterocycles. The summed E-state index contributed by atoms with van der Waals surface area (Å²) in [5, 5.41) is 3.27. The van der Waals surface area contributed by atoms with Crippen molar-refractivity contribution in [1.82, 2.24) is 4.90 Å². The fourth-order valence-electron chi connectivity index (χ4n) is 2.85. The zero-order valence-corrected chi connectivity index (χ0v) is 13.3. The first-order valence-electron chi connectivity index (χ1n) is 7.55. The first-order chi connectivity index (χ1) is 11.1. The molecule has 0 aromatic heterocycles. The maximum absolute atomic E-state index is 11.6. The summed E-state index contributed by atoms with van der Waals surface area (Å²) >= 11 is 0. The highest BCUT2D eigenvalue weighted by atomic mass is 16.5. The third-order valence-electron chi connectivity index (χ3n) is 4.16. The second-order valence-corrected chi connectivity index (χ2v) is 5.63. The summed E-state index contributed by atoms with van der Waals surface area (Å²) in [6, 6.07) is 7.11. The molecule has 6 heteroatoms. The Labute approximate surface area is 134 Å². The zero-order chi connectivity index (χ0) is 16.4. The van der Waals surface area contributed by atoms with Gasteiger partial charge in [-0.1, -0.05) is 6.07 Å². The number of amides is 1. The summed E-state index contributed by atoms with van der Waals surface area (Å²) < 4.78 is 4.74. The maximum Gasteiger partial charge on any atom is 0.337 e. The predicted octanol–water partition coefficient (Wildman–Crippen LogP) is 1.85. The Morgan fingerprint density at radius 1 is 1.35 bits per heavy atom. The summed E-state index contributed by atoms with van der Waals surface area (Å²) in [5.74, 6) is 0.491. The fourth-order valence-corrected chi connectivity index (χ4v) is 2.85. The molecule has 120 valence electrons. The van der Waals surface area contributed by atoms with Crippen LogP contribution in [0.1, 0.15) is 23.7 Å². The Kier molecular flexibility index (Phi) is 4.14. The monoisotopic (exact) mass is 313 g/mol. The maximum atomic E-state index is 11.6. The van der Waals surface area contributed by atoms with Crippen LogP contribution in [-0.4, -0.2) is 49.4 Å². The number of carbonyl (C=O) groups is 2. The number of amidine groups is 1. The van der Waals surface area contributed by atoms with Crippen LogP contribution in [0.15, 0.2) is 40.4 Å². The van der Waals surface area contributed by atoms with Crippen LogP contribution in [0, 0.1) is 0 Å². The third-order valence-corrected chi connectivity index (χ3v) is 4.16. The number of anilines is 1. The van der Waals surface area contributed by atoms with Crippen LogP contribution < -0.4 is 5.32 Å². The van der Waals surface area contributed by atoms with Crippen LogP contribution in [0.25, 0.3) is 0 Å². The van der Waals surface area contributed by atoms with E-state index in [-0.39, 0.29) is 11.9 Å². The molecule has 2 aliphatic heterocycles.